The van der Waals surface area contributed by atoms with Crippen LogP contribution in [0.1, 0.15) is 12.8 Å². The van der Waals surface area contributed by atoms with E-state index in [1.807, 2.05) is 0 Å². The van der Waals surface area contributed by atoms with Gasteiger partial charge in [0.2, 0.25) is 5.91 Å². The summed E-state index contributed by atoms with van der Waals surface area (Å²) in [4.78, 5) is 13.4. The first-order valence-corrected chi connectivity index (χ1v) is 3.64. The predicted molar refractivity (Wildman–Crippen MR) is 39.7 cm³/mol. The molecule has 0 spiro atoms. The van der Waals surface area contributed by atoms with Gasteiger partial charge >= 0.3 is 0 Å². The lowest BCUT2D eigenvalue weighted by Gasteiger charge is -2.19. The standard InChI is InChI=1S/C6H10N4O/c7-10-9-6(11)5-2-1-3-8-4-5/h5,8H,1-4H2. The summed E-state index contributed by atoms with van der Waals surface area (Å²) in [6, 6.07) is 0. The van der Waals surface area contributed by atoms with Crippen LogP contribution in [0, 0.1) is 5.92 Å². The third-order valence-electron chi connectivity index (χ3n) is 1.79. The quantitative estimate of drug-likeness (QED) is 0.345. The Kier molecular flexibility index (Phi) is 2.89. The Labute approximate surface area is 64.4 Å². The fraction of sp³-hybridized carbons (Fsp3) is 0.833. The zero-order chi connectivity index (χ0) is 8.10. The van der Waals surface area contributed by atoms with Crippen molar-refractivity contribution in [1.29, 1.82) is 0 Å². The van der Waals surface area contributed by atoms with Crippen LogP contribution >= 0.6 is 0 Å². The highest BCUT2D eigenvalue weighted by Gasteiger charge is 2.18. The first kappa shape index (κ1) is 8.04. The molecule has 0 aromatic carbocycles. The summed E-state index contributed by atoms with van der Waals surface area (Å²) in [5.41, 5.74) is 7.98. The molecule has 1 aliphatic rings. The largest absolute Gasteiger partial charge is 0.316 e. The van der Waals surface area contributed by atoms with Crippen molar-refractivity contribution in [3.8, 4) is 0 Å². The summed E-state index contributed by atoms with van der Waals surface area (Å²) in [7, 11) is 0. The van der Waals surface area contributed by atoms with Crippen LogP contribution in [0.15, 0.2) is 5.11 Å². The molecule has 0 radical (unpaired) electrons. The maximum atomic E-state index is 10.9. The molecule has 1 amide bonds. The molecule has 0 aromatic rings. The fourth-order valence-electron chi connectivity index (χ4n) is 1.19. The Morgan fingerprint density at radius 3 is 3.09 bits per heavy atom. The molecule has 1 heterocycles. The van der Waals surface area contributed by atoms with Crippen LogP contribution in [0.5, 0.6) is 0 Å². The minimum atomic E-state index is -0.334. The molecule has 1 unspecified atom stereocenters. The number of nitrogens with zero attached hydrogens (tertiary/aromatic N) is 3. The van der Waals surface area contributed by atoms with Gasteiger partial charge in [0.05, 0.1) is 0 Å². The van der Waals surface area contributed by atoms with E-state index in [4.69, 9.17) is 5.53 Å². The number of rotatable bonds is 1. The molecule has 1 rings (SSSR count). The van der Waals surface area contributed by atoms with Gasteiger partial charge < -0.3 is 5.32 Å². The molecule has 0 bridgehead atoms. The lowest BCUT2D eigenvalue weighted by Crippen LogP contribution is -2.33. The van der Waals surface area contributed by atoms with Crippen LogP contribution in [0.2, 0.25) is 0 Å². The van der Waals surface area contributed by atoms with E-state index in [-0.39, 0.29) is 11.8 Å². The van der Waals surface area contributed by atoms with Crippen molar-refractivity contribution in [3.63, 3.8) is 0 Å². The number of nitrogens with one attached hydrogen (secondary N) is 1. The Morgan fingerprint density at radius 1 is 1.73 bits per heavy atom. The normalized spacial score (nSPS) is 23.8. The molecule has 1 aliphatic heterocycles. The van der Waals surface area contributed by atoms with Gasteiger partial charge in [-0.1, -0.05) is 0 Å². The summed E-state index contributed by atoms with van der Waals surface area (Å²) in [5.74, 6) is -0.431. The average molecular weight is 154 g/mol. The number of piperidine rings is 1. The van der Waals surface area contributed by atoms with E-state index in [0.29, 0.717) is 6.54 Å². The summed E-state index contributed by atoms with van der Waals surface area (Å²) in [6.45, 7) is 1.61. The highest BCUT2D eigenvalue weighted by Crippen LogP contribution is 2.11. The number of azide groups is 1. The molecule has 11 heavy (non-hydrogen) atoms. The third-order valence-corrected chi connectivity index (χ3v) is 1.79. The molecule has 1 N–H and O–H groups in total. The van der Waals surface area contributed by atoms with Gasteiger partial charge in [0.25, 0.3) is 0 Å². The Bertz CT molecular complexity index is 191. The van der Waals surface area contributed by atoms with Crippen LogP contribution in [-0.2, 0) is 4.79 Å². The molecular weight excluding hydrogens is 144 g/mol. The summed E-state index contributed by atoms with van der Waals surface area (Å²) in [5, 5.41) is 6.12. The fourth-order valence-corrected chi connectivity index (χ4v) is 1.19. The number of carbonyl (C=O) groups excluding carboxylic acids is 1. The molecule has 1 fully saturated rings. The smallest absolute Gasteiger partial charge is 0.223 e. The van der Waals surface area contributed by atoms with E-state index >= 15 is 0 Å². The third kappa shape index (κ3) is 2.22. The Morgan fingerprint density at radius 2 is 2.55 bits per heavy atom. The zero-order valence-corrected chi connectivity index (χ0v) is 6.16. The SMILES string of the molecule is [N-]=[N+]=NC(=O)C1CCCNC1. The number of amides is 1. The van der Waals surface area contributed by atoms with Crippen molar-refractivity contribution in [2.75, 3.05) is 13.1 Å². The second-order valence-corrected chi connectivity index (χ2v) is 2.57. The second kappa shape index (κ2) is 3.95. The van der Waals surface area contributed by atoms with Gasteiger partial charge in [0.15, 0.2) is 0 Å². The maximum Gasteiger partial charge on any atom is 0.223 e. The second-order valence-electron chi connectivity index (χ2n) is 2.57. The molecule has 0 aromatic heterocycles. The molecule has 5 heteroatoms. The summed E-state index contributed by atoms with van der Waals surface area (Å²) < 4.78 is 0. The van der Waals surface area contributed by atoms with Gasteiger partial charge in [-0.3, -0.25) is 4.79 Å². The highest BCUT2D eigenvalue weighted by molar-refractivity contribution is 5.79. The number of carbonyl (C=O) groups is 1. The minimum Gasteiger partial charge on any atom is -0.316 e. The maximum absolute atomic E-state index is 10.9. The highest BCUT2D eigenvalue weighted by atomic mass is 16.1. The van der Waals surface area contributed by atoms with E-state index in [2.05, 4.69) is 15.3 Å². The van der Waals surface area contributed by atoms with Crippen LogP contribution in [0.25, 0.3) is 10.4 Å². The van der Waals surface area contributed by atoms with Crippen molar-refractivity contribution in [1.82, 2.24) is 5.32 Å². The minimum absolute atomic E-state index is 0.0975. The van der Waals surface area contributed by atoms with Crippen molar-refractivity contribution >= 4 is 5.91 Å². The van der Waals surface area contributed by atoms with Crippen LogP contribution in [-0.4, -0.2) is 19.0 Å². The van der Waals surface area contributed by atoms with Crippen LogP contribution in [0.3, 0.4) is 0 Å². The average Bonchev–Trinajstić information content (AvgIpc) is 2.07. The molecule has 1 atom stereocenters. The molecule has 5 nitrogen and oxygen atoms in total. The van der Waals surface area contributed by atoms with Gasteiger partial charge in [0.1, 0.15) is 0 Å². The van der Waals surface area contributed by atoms with Crippen molar-refractivity contribution in [2.45, 2.75) is 12.8 Å². The monoisotopic (exact) mass is 154 g/mol. The van der Waals surface area contributed by atoms with Crippen LogP contribution < -0.4 is 5.32 Å². The van der Waals surface area contributed by atoms with Gasteiger partial charge in [-0.2, -0.15) is 0 Å². The number of hydrogen-bond acceptors (Lipinski definition) is 2. The summed E-state index contributed by atoms with van der Waals surface area (Å²) >= 11 is 0. The number of hydrogen-bond donors (Lipinski definition) is 1. The van der Waals surface area contributed by atoms with Crippen molar-refractivity contribution < 1.29 is 4.79 Å². The van der Waals surface area contributed by atoms with E-state index in [1.165, 1.54) is 0 Å². The lowest BCUT2D eigenvalue weighted by molar-refractivity contribution is -0.122. The Hall–Kier alpha value is -1.06. The summed E-state index contributed by atoms with van der Waals surface area (Å²) in [6.07, 6.45) is 1.82. The van der Waals surface area contributed by atoms with E-state index in [0.717, 1.165) is 19.4 Å². The van der Waals surface area contributed by atoms with Crippen molar-refractivity contribution in [2.24, 2.45) is 11.0 Å². The molecular formula is C6H10N4O. The molecule has 60 valence electrons. The first-order chi connectivity index (χ1) is 5.34. The van der Waals surface area contributed by atoms with E-state index in [9.17, 15) is 4.79 Å². The Balaban J connectivity index is 2.44. The molecule has 0 saturated carbocycles. The first-order valence-electron chi connectivity index (χ1n) is 3.64. The van der Waals surface area contributed by atoms with Gasteiger partial charge in [0, 0.05) is 17.4 Å². The lowest BCUT2D eigenvalue weighted by atomic mass is 9.99. The van der Waals surface area contributed by atoms with Gasteiger partial charge in [-0.05, 0) is 30.0 Å². The molecule has 0 aliphatic carbocycles. The molecule has 1 saturated heterocycles. The van der Waals surface area contributed by atoms with Gasteiger partial charge in [-0.25, -0.2) is 0 Å². The topological polar surface area (TPSA) is 77.9 Å². The van der Waals surface area contributed by atoms with Crippen molar-refractivity contribution in [3.05, 3.63) is 10.4 Å². The van der Waals surface area contributed by atoms with E-state index in [1.54, 1.807) is 0 Å². The predicted octanol–water partition coefficient (Wildman–Crippen LogP) is 0.823. The zero-order valence-electron chi connectivity index (χ0n) is 6.16. The van der Waals surface area contributed by atoms with E-state index < -0.39 is 0 Å². The van der Waals surface area contributed by atoms with Gasteiger partial charge in [-0.15, -0.1) is 0 Å². The van der Waals surface area contributed by atoms with Crippen LogP contribution in [0.4, 0.5) is 0 Å².